The third-order valence-corrected chi connectivity index (χ3v) is 8.89. The smallest absolute Gasteiger partial charge is 0.313 e. The van der Waals surface area contributed by atoms with Gasteiger partial charge < -0.3 is 29.7 Å². The Bertz CT molecular complexity index is 1250. The Labute approximate surface area is 246 Å². The zero-order chi connectivity index (χ0) is 30.0. The van der Waals surface area contributed by atoms with Gasteiger partial charge in [0.05, 0.1) is 30.7 Å². The summed E-state index contributed by atoms with van der Waals surface area (Å²) in [4.78, 5) is 58.4. The van der Waals surface area contributed by atoms with E-state index in [1.54, 1.807) is 30.9 Å². The summed E-state index contributed by atoms with van der Waals surface area (Å²) in [6.45, 7) is 5.95. The molecule has 2 fully saturated rings. The molecule has 4 aliphatic heterocycles. The second kappa shape index (κ2) is 12.4. The zero-order valence-corrected chi connectivity index (χ0v) is 24.5. The van der Waals surface area contributed by atoms with Crippen LogP contribution in [0.4, 0.5) is 0 Å². The number of aliphatic hydroxyl groups excluding tert-OH is 1. The fraction of sp³-hybridized carbons (Fsp3) is 0.562. The van der Waals surface area contributed by atoms with E-state index in [0.29, 0.717) is 25.1 Å². The summed E-state index contributed by atoms with van der Waals surface area (Å²) >= 11 is 0. The van der Waals surface area contributed by atoms with Gasteiger partial charge in [-0.25, -0.2) is 0 Å². The Hall–Kier alpha value is -3.50. The monoisotopic (exact) mass is 579 g/mol. The van der Waals surface area contributed by atoms with Crippen molar-refractivity contribution in [1.29, 1.82) is 0 Å². The van der Waals surface area contributed by atoms with Gasteiger partial charge in [-0.3, -0.25) is 19.2 Å². The summed E-state index contributed by atoms with van der Waals surface area (Å²) < 4.78 is 12.6. The highest BCUT2D eigenvalue weighted by molar-refractivity contribution is 5.99. The van der Waals surface area contributed by atoms with Crippen LogP contribution in [0, 0.1) is 11.8 Å². The first-order valence-corrected chi connectivity index (χ1v) is 15.0. The predicted octanol–water partition coefficient (Wildman–Crippen LogP) is 2.29. The van der Waals surface area contributed by atoms with Crippen LogP contribution < -0.4 is 5.32 Å². The molecule has 4 heterocycles. The molecule has 8 atom stereocenters. The van der Waals surface area contributed by atoms with Crippen LogP contribution in [0.3, 0.4) is 0 Å². The van der Waals surface area contributed by atoms with Crippen molar-refractivity contribution in [3.05, 3.63) is 60.2 Å². The van der Waals surface area contributed by atoms with E-state index in [9.17, 15) is 24.3 Å². The highest BCUT2D eigenvalue weighted by Crippen LogP contribution is 2.56. The van der Waals surface area contributed by atoms with E-state index < -0.39 is 59.6 Å². The largest absolute Gasteiger partial charge is 0.455 e. The van der Waals surface area contributed by atoms with E-state index in [0.717, 1.165) is 12.8 Å². The number of carbonyl (C=O) groups excluding carboxylic acids is 4. The molecule has 0 aromatic heterocycles. The number of benzene rings is 1. The Morgan fingerprint density at radius 1 is 1.12 bits per heavy atom. The first-order chi connectivity index (χ1) is 20.2. The number of allylic oxidation sites excluding steroid dienone is 1. The molecule has 3 amide bonds. The van der Waals surface area contributed by atoms with Gasteiger partial charge in [0.25, 0.3) is 0 Å². The van der Waals surface area contributed by atoms with Gasteiger partial charge in [0, 0.05) is 19.5 Å². The van der Waals surface area contributed by atoms with E-state index in [4.69, 9.17) is 9.47 Å². The third kappa shape index (κ3) is 5.26. The quantitative estimate of drug-likeness (QED) is 0.391. The number of unbranched alkanes of at least 4 members (excludes halogenated alkanes) is 1. The Morgan fingerprint density at radius 2 is 1.88 bits per heavy atom. The van der Waals surface area contributed by atoms with Crippen molar-refractivity contribution in [2.24, 2.45) is 11.8 Å². The molecule has 42 heavy (non-hydrogen) atoms. The highest BCUT2D eigenvalue weighted by atomic mass is 16.6. The Kier molecular flexibility index (Phi) is 8.84. The number of cyclic esters (lactones) is 1. The number of carbonyl (C=O) groups is 4. The molecule has 0 saturated carbocycles. The standard InChI is InChI=1S/C32H41N3O7/c1-4-5-17-34-18-11-7-10-14-24(37)33-21(3)27(22-12-8-6-9-13-22)41-31(40)25-23-15-16-32(42-23)26(25)29(38)35(20(2)19-36)28(32)30(34)39/h6-9,11-13,15-16,20-21,23,25-28,36H,4-5,10,14,17-19H2,1-3H3,(H,33,37)/b11-7-/t20-,21-,23+,25-,26-,27+,28+,32-/m1/s1. The average molecular weight is 580 g/mol. The topological polar surface area (TPSA) is 125 Å². The van der Waals surface area contributed by atoms with Gasteiger partial charge in [0.15, 0.2) is 0 Å². The molecule has 0 aliphatic carbocycles. The van der Waals surface area contributed by atoms with Crippen LogP contribution in [-0.2, 0) is 28.7 Å². The Morgan fingerprint density at radius 3 is 2.60 bits per heavy atom. The predicted molar refractivity (Wildman–Crippen MR) is 154 cm³/mol. The minimum absolute atomic E-state index is 0.180. The summed E-state index contributed by atoms with van der Waals surface area (Å²) in [6, 6.07) is 6.93. The van der Waals surface area contributed by atoms with Gasteiger partial charge in [0.2, 0.25) is 17.7 Å². The minimum Gasteiger partial charge on any atom is -0.455 e. The zero-order valence-electron chi connectivity index (χ0n) is 24.5. The Balaban J connectivity index is 1.58. The molecule has 2 saturated heterocycles. The SMILES string of the molecule is CCCCN1C/C=C\CCC(=O)N[C@H](C)[C@@H](c2ccccc2)OC(=O)[C@@H]2[C@@H]3C=C[C@]4(O3)[C@H](C1=O)N([C@H](C)CO)C(=O)[C@@H]24. The minimum atomic E-state index is -1.35. The number of rotatable bonds is 6. The fourth-order valence-corrected chi connectivity index (χ4v) is 6.77. The average Bonchev–Trinajstić information content (AvgIpc) is 3.63. The van der Waals surface area contributed by atoms with Crippen LogP contribution >= 0.6 is 0 Å². The maximum atomic E-state index is 14.3. The summed E-state index contributed by atoms with van der Waals surface area (Å²) in [5, 5.41) is 13.1. The lowest BCUT2D eigenvalue weighted by atomic mass is 9.74. The maximum absolute atomic E-state index is 14.3. The number of aliphatic hydroxyl groups is 1. The third-order valence-electron chi connectivity index (χ3n) is 8.89. The van der Waals surface area contributed by atoms with E-state index in [1.165, 1.54) is 4.90 Å². The van der Waals surface area contributed by atoms with E-state index in [-0.39, 0.29) is 24.8 Å². The summed E-state index contributed by atoms with van der Waals surface area (Å²) in [5.41, 5.74) is -0.644. The van der Waals surface area contributed by atoms with Crippen molar-refractivity contribution in [1.82, 2.24) is 15.1 Å². The molecule has 2 N–H and O–H groups in total. The van der Waals surface area contributed by atoms with Gasteiger partial charge in [-0.2, -0.15) is 0 Å². The number of hydrogen-bond acceptors (Lipinski definition) is 7. The molecule has 226 valence electrons. The van der Waals surface area contributed by atoms with E-state index >= 15 is 0 Å². The molecular weight excluding hydrogens is 538 g/mol. The van der Waals surface area contributed by atoms with Crippen LogP contribution in [0.1, 0.15) is 58.1 Å². The second-order valence-electron chi connectivity index (χ2n) is 11.8. The molecule has 1 aromatic rings. The number of fused-ring (bicyclic) bond motifs is 2. The first-order valence-electron chi connectivity index (χ1n) is 15.0. The lowest BCUT2D eigenvalue weighted by Crippen LogP contribution is -2.58. The normalized spacial score (nSPS) is 34.8. The van der Waals surface area contributed by atoms with Crippen LogP contribution in [0.2, 0.25) is 0 Å². The number of esters is 1. The molecule has 10 heteroatoms. The summed E-state index contributed by atoms with van der Waals surface area (Å²) in [7, 11) is 0. The van der Waals surface area contributed by atoms with Crippen LogP contribution in [0.15, 0.2) is 54.6 Å². The lowest BCUT2D eigenvalue weighted by Gasteiger charge is -2.37. The molecule has 1 spiro atoms. The molecule has 4 aliphatic rings. The number of nitrogens with zero attached hydrogens (tertiary/aromatic N) is 2. The number of amides is 3. The van der Waals surface area contributed by atoms with Crippen molar-refractivity contribution in [3.63, 3.8) is 0 Å². The van der Waals surface area contributed by atoms with Gasteiger partial charge in [-0.1, -0.05) is 68.0 Å². The van der Waals surface area contributed by atoms with Gasteiger partial charge in [-0.05, 0) is 32.3 Å². The van der Waals surface area contributed by atoms with Crippen molar-refractivity contribution in [2.75, 3.05) is 19.7 Å². The molecule has 1 aromatic carbocycles. The van der Waals surface area contributed by atoms with Crippen molar-refractivity contribution >= 4 is 23.7 Å². The van der Waals surface area contributed by atoms with Crippen molar-refractivity contribution < 1.29 is 33.8 Å². The second-order valence-corrected chi connectivity index (χ2v) is 11.8. The maximum Gasteiger partial charge on any atom is 0.313 e. The lowest BCUT2D eigenvalue weighted by molar-refractivity contribution is -0.161. The van der Waals surface area contributed by atoms with E-state index in [1.807, 2.05) is 49.4 Å². The summed E-state index contributed by atoms with van der Waals surface area (Å²) in [5.74, 6) is -3.47. The number of nitrogens with one attached hydrogen (secondary N) is 1. The summed E-state index contributed by atoms with van der Waals surface area (Å²) in [6.07, 6.45) is 8.07. The number of hydrogen-bond donors (Lipinski definition) is 2. The highest BCUT2D eigenvalue weighted by Gasteiger charge is 2.74. The molecular formula is C32H41N3O7. The number of likely N-dealkylation sites (tertiary alicyclic amines) is 1. The van der Waals surface area contributed by atoms with Crippen LogP contribution in [-0.4, -0.2) is 88.1 Å². The van der Waals surface area contributed by atoms with Gasteiger partial charge in [-0.15, -0.1) is 0 Å². The molecule has 5 bridgehead atoms. The molecule has 0 unspecified atom stereocenters. The first kappa shape index (κ1) is 30.0. The van der Waals surface area contributed by atoms with Gasteiger partial charge >= 0.3 is 5.97 Å². The fourth-order valence-electron chi connectivity index (χ4n) is 6.77. The van der Waals surface area contributed by atoms with Gasteiger partial charge in [0.1, 0.15) is 23.7 Å². The van der Waals surface area contributed by atoms with Crippen molar-refractivity contribution in [2.45, 2.75) is 82.4 Å². The van der Waals surface area contributed by atoms with Crippen molar-refractivity contribution in [3.8, 4) is 0 Å². The number of ether oxygens (including phenoxy) is 2. The molecule has 0 radical (unpaired) electrons. The van der Waals surface area contributed by atoms with Crippen LogP contribution in [0.25, 0.3) is 0 Å². The van der Waals surface area contributed by atoms with Crippen LogP contribution in [0.5, 0.6) is 0 Å². The van der Waals surface area contributed by atoms with E-state index in [2.05, 4.69) is 5.32 Å². The molecule has 10 nitrogen and oxygen atoms in total. The molecule has 5 rings (SSSR count).